The van der Waals surface area contributed by atoms with Crippen LogP contribution in [0.1, 0.15) is 27.8 Å². The average Bonchev–Trinajstić information content (AvgIpc) is 3.09. The van der Waals surface area contributed by atoms with Crippen LogP contribution in [0.25, 0.3) is 0 Å². The van der Waals surface area contributed by atoms with E-state index >= 15 is 0 Å². The third-order valence-electron chi connectivity index (χ3n) is 3.03. The van der Waals surface area contributed by atoms with E-state index in [1.807, 2.05) is 0 Å². The van der Waals surface area contributed by atoms with Crippen LogP contribution in [0, 0.1) is 11.6 Å². The lowest BCUT2D eigenvalue weighted by molar-refractivity contribution is -0.144. The zero-order chi connectivity index (χ0) is 17.7. The fraction of sp³-hybridized carbons (Fsp3) is 0.188. The van der Waals surface area contributed by atoms with Crippen LogP contribution < -0.4 is 5.32 Å². The molecule has 0 saturated carbocycles. The summed E-state index contributed by atoms with van der Waals surface area (Å²) in [5.41, 5.74) is -0.131. The zero-order valence-corrected chi connectivity index (χ0v) is 12.5. The molecule has 1 N–H and O–H groups in total. The fourth-order valence-corrected chi connectivity index (χ4v) is 1.75. The molecule has 2 aromatic rings. The molecule has 0 bridgehead atoms. The number of hydrogen-bond donors (Lipinski definition) is 1. The first-order chi connectivity index (χ1) is 11.4. The van der Waals surface area contributed by atoms with Gasteiger partial charge in [-0.25, -0.2) is 13.6 Å². The van der Waals surface area contributed by atoms with Gasteiger partial charge in [0, 0.05) is 5.56 Å². The van der Waals surface area contributed by atoms with Crippen LogP contribution in [0.5, 0.6) is 0 Å². The highest BCUT2D eigenvalue weighted by atomic mass is 19.2. The van der Waals surface area contributed by atoms with Crippen LogP contribution >= 0.6 is 0 Å². The maximum atomic E-state index is 13.1. The SMILES string of the molecule is CC(NC(=O)c1ccco1)C(=O)OCC(=O)c1ccc(F)c(F)c1. The molecule has 2 rings (SSSR count). The van der Waals surface area contributed by atoms with Gasteiger partial charge in [-0.05, 0) is 37.3 Å². The molecule has 0 aliphatic rings. The molecule has 24 heavy (non-hydrogen) atoms. The first-order valence-electron chi connectivity index (χ1n) is 6.87. The van der Waals surface area contributed by atoms with Crippen molar-refractivity contribution in [3.8, 4) is 0 Å². The van der Waals surface area contributed by atoms with Gasteiger partial charge in [-0.2, -0.15) is 0 Å². The van der Waals surface area contributed by atoms with Gasteiger partial charge in [0.25, 0.3) is 5.91 Å². The number of Topliss-reactive ketones (excluding diaryl/α,β-unsaturated/α-hetero) is 1. The number of halogens is 2. The number of furan rings is 1. The molecular formula is C16H13F2NO5. The van der Waals surface area contributed by atoms with Gasteiger partial charge in [0.15, 0.2) is 29.8 Å². The van der Waals surface area contributed by atoms with Crippen molar-refractivity contribution in [2.75, 3.05) is 6.61 Å². The number of ether oxygens (including phenoxy) is 1. The predicted octanol–water partition coefficient (Wildman–Crippen LogP) is 2.10. The second-order valence-electron chi connectivity index (χ2n) is 4.83. The minimum absolute atomic E-state index is 0.0208. The standard InChI is InChI=1S/C16H13F2NO5/c1-9(19-15(21)14-3-2-6-23-14)16(22)24-8-13(20)10-4-5-11(17)12(18)7-10/h2-7,9H,8H2,1H3,(H,19,21). The van der Waals surface area contributed by atoms with E-state index in [9.17, 15) is 23.2 Å². The van der Waals surface area contributed by atoms with Crippen LogP contribution in [-0.2, 0) is 9.53 Å². The number of rotatable bonds is 6. The smallest absolute Gasteiger partial charge is 0.328 e. The van der Waals surface area contributed by atoms with Crippen molar-refractivity contribution in [2.24, 2.45) is 0 Å². The van der Waals surface area contributed by atoms with Gasteiger partial charge in [-0.15, -0.1) is 0 Å². The van der Waals surface area contributed by atoms with E-state index in [0.29, 0.717) is 6.07 Å². The zero-order valence-electron chi connectivity index (χ0n) is 12.5. The molecular weight excluding hydrogens is 324 g/mol. The third-order valence-corrected chi connectivity index (χ3v) is 3.03. The van der Waals surface area contributed by atoms with E-state index < -0.39 is 41.9 Å². The monoisotopic (exact) mass is 337 g/mol. The van der Waals surface area contributed by atoms with E-state index in [4.69, 9.17) is 9.15 Å². The molecule has 1 atom stereocenters. The molecule has 8 heteroatoms. The normalized spacial score (nSPS) is 11.6. The Bertz CT molecular complexity index is 758. The summed E-state index contributed by atoms with van der Waals surface area (Å²) >= 11 is 0. The van der Waals surface area contributed by atoms with E-state index in [1.54, 1.807) is 0 Å². The highest BCUT2D eigenvalue weighted by Crippen LogP contribution is 2.09. The predicted molar refractivity (Wildman–Crippen MR) is 77.3 cm³/mol. The minimum Gasteiger partial charge on any atom is -0.459 e. The Morgan fingerprint density at radius 3 is 2.58 bits per heavy atom. The molecule has 0 radical (unpaired) electrons. The Morgan fingerprint density at radius 1 is 1.21 bits per heavy atom. The summed E-state index contributed by atoms with van der Waals surface area (Å²) in [5, 5.41) is 2.33. The number of amides is 1. The lowest BCUT2D eigenvalue weighted by Gasteiger charge is -2.12. The highest BCUT2D eigenvalue weighted by Gasteiger charge is 2.20. The lowest BCUT2D eigenvalue weighted by Crippen LogP contribution is -2.40. The second kappa shape index (κ2) is 7.49. The second-order valence-corrected chi connectivity index (χ2v) is 4.83. The maximum Gasteiger partial charge on any atom is 0.328 e. The summed E-state index contributed by atoms with van der Waals surface area (Å²) in [5.74, 6) is -4.41. The minimum atomic E-state index is -1.17. The number of carbonyl (C=O) groups excluding carboxylic acids is 3. The largest absolute Gasteiger partial charge is 0.459 e. The van der Waals surface area contributed by atoms with Gasteiger partial charge in [-0.3, -0.25) is 9.59 Å². The van der Waals surface area contributed by atoms with Gasteiger partial charge in [0.2, 0.25) is 0 Å². The van der Waals surface area contributed by atoms with Gasteiger partial charge in [0.1, 0.15) is 6.04 Å². The van der Waals surface area contributed by atoms with E-state index in [0.717, 1.165) is 12.1 Å². The number of carbonyl (C=O) groups is 3. The molecule has 1 unspecified atom stereocenters. The van der Waals surface area contributed by atoms with Crippen LogP contribution in [0.4, 0.5) is 8.78 Å². The molecule has 0 spiro atoms. The summed E-state index contributed by atoms with van der Waals surface area (Å²) in [6.07, 6.45) is 1.30. The molecule has 1 aromatic heterocycles. The first-order valence-corrected chi connectivity index (χ1v) is 6.87. The highest BCUT2D eigenvalue weighted by molar-refractivity contribution is 5.98. The van der Waals surface area contributed by atoms with Crippen molar-refractivity contribution in [3.63, 3.8) is 0 Å². The van der Waals surface area contributed by atoms with E-state index in [1.165, 1.54) is 25.3 Å². The number of ketones is 1. The molecule has 0 aliphatic carbocycles. The molecule has 1 aromatic carbocycles. The number of benzene rings is 1. The molecule has 0 fully saturated rings. The van der Waals surface area contributed by atoms with Gasteiger partial charge in [-0.1, -0.05) is 0 Å². The van der Waals surface area contributed by atoms with Crippen molar-refractivity contribution in [3.05, 3.63) is 59.6 Å². The average molecular weight is 337 g/mol. The molecule has 1 amide bonds. The molecule has 0 saturated heterocycles. The van der Waals surface area contributed by atoms with Crippen molar-refractivity contribution in [1.29, 1.82) is 0 Å². The molecule has 126 valence electrons. The first kappa shape index (κ1) is 17.3. The van der Waals surface area contributed by atoms with Gasteiger partial charge in [0.05, 0.1) is 6.26 Å². The summed E-state index contributed by atoms with van der Waals surface area (Å²) in [7, 11) is 0. The van der Waals surface area contributed by atoms with Gasteiger partial charge < -0.3 is 14.5 Å². The maximum absolute atomic E-state index is 13.1. The lowest BCUT2D eigenvalue weighted by atomic mass is 10.1. The quantitative estimate of drug-likeness (QED) is 0.644. The van der Waals surface area contributed by atoms with Crippen molar-refractivity contribution in [2.45, 2.75) is 13.0 Å². The fourth-order valence-electron chi connectivity index (χ4n) is 1.75. The van der Waals surface area contributed by atoms with Gasteiger partial charge >= 0.3 is 5.97 Å². The summed E-state index contributed by atoms with van der Waals surface area (Å²) in [4.78, 5) is 35.2. The van der Waals surface area contributed by atoms with E-state index in [2.05, 4.69) is 5.32 Å². The molecule has 1 heterocycles. The molecule has 0 aliphatic heterocycles. The van der Waals surface area contributed by atoms with Crippen LogP contribution in [0.15, 0.2) is 41.0 Å². The van der Waals surface area contributed by atoms with Crippen molar-refractivity contribution >= 4 is 17.7 Å². The Kier molecular flexibility index (Phi) is 5.41. The third kappa shape index (κ3) is 4.25. The van der Waals surface area contributed by atoms with Crippen molar-refractivity contribution < 1.29 is 32.3 Å². The topological polar surface area (TPSA) is 85.6 Å². The molecule has 6 nitrogen and oxygen atoms in total. The van der Waals surface area contributed by atoms with E-state index in [-0.39, 0.29) is 11.3 Å². The van der Waals surface area contributed by atoms with Crippen LogP contribution in [-0.4, -0.2) is 30.3 Å². The number of nitrogens with one attached hydrogen (secondary N) is 1. The van der Waals surface area contributed by atoms with Crippen LogP contribution in [0.3, 0.4) is 0 Å². The summed E-state index contributed by atoms with van der Waals surface area (Å²) in [6, 6.07) is 4.50. The summed E-state index contributed by atoms with van der Waals surface area (Å²) in [6.45, 7) is 0.704. The number of hydrogen-bond acceptors (Lipinski definition) is 5. The Balaban J connectivity index is 1.86. The van der Waals surface area contributed by atoms with Crippen LogP contribution in [0.2, 0.25) is 0 Å². The number of esters is 1. The Labute approximate surface area is 135 Å². The summed E-state index contributed by atoms with van der Waals surface area (Å²) < 4.78 is 35.5. The Morgan fingerprint density at radius 2 is 1.96 bits per heavy atom. The Hall–Kier alpha value is -3.03. The van der Waals surface area contributed by atoms with Crippen molar-refractivity contribution in [1.82, 2.24) is 5.32 Å².